The summed E-state index contributed by atoms with van der Waals surface area (Å²) >= 11 is 0. The van der Waals surface area contributed by atoms with Crippen LogP contribution in [0, 0.1) is 0 Å². The molecule has 2 aromatic carbocycles. The van der Waals surface area contributed by atoms with Crippen LogP contribution in [0.2, 0.25) is 0 Å². The summed E-state index contributed by atoms with van der Waals surface area (Å²) in [7, 11) is -1.10. The van der Waals surface area contributed by atoms with Crippen LogP contribution in [-0.2, 0) is 26.1 Å². The molecule has 0 atom stereocenters. The molecule has 9 heteroatoms. The van der Waals surface area contributed by atoms with Crippen molar-refractivity contribution in [2.45, 2.75) is 37.8 Å². The van der Waals surface area contributed by atoms with E-state index in [0.29, 0.717) is 0 Å². The van der Waals surface area contributed by atoms with Crippen molar-refractivity contribution in [3.8, 4) is 5.75 Å². The van der Waals surface area contributed by atoms with E-state index in [4.69, 9.17) is 9.47 Å². The number of sulfonamides is 1. The monoisotopic (exact) mass is 448 g/mol. The number of rotatable bonds is 10. The van der Waals surface area contributed by atoms with Gasteiger partial charge in [0.2, 0.25) is 10.0 Å². The van der Waals surface area contributed by atoms with Gasteiger partial charge in [-0.25, -0.2) is 8.42 Å². The van der Waals surface area contributed by atoms with Crippen molar-refractivity contribution in [3.05, 3.63) is 59.7 Å². The van der Waals surface area contributed by atoms with Gasteiger partial charge < -0.3 is 14.8 Å². The molecule has 0 aliphatic rings. The molecule has 2 rings (SSSR count). The van der Waals surface area contributed by atoms with E-state index < -0.39 is 21.9 Å². The third-order valence-electron chi connectivity index (χ3n) is 4.34. The number of nitrogens with one attached hydrogen (secondary N) is 1. The van der Waals surface area contributed by atoms with Crippen LogP contribution in [0.1, 0.15) is 36.2 Å². The first-order valence-electron chi connectivity index (χ1n) is 9.81. The zero-order valence-electron chi connectivity index (χ0n) is 18.1. The van der Waals surface area contributed by atoms with Crippen molar-refractivity contribution in [1.82, 2.24) is 9.62 Å². The third kappa shape index (κ3) is 6.80. The van der Waals surface area contributed by atoms with Gasteiger partial charge >= 0.3 is 5.97 Å². The van der Waals surface area contributed by atoms with Gasteiger partial charge in [-0.15, -0.1) is 0 Å². The summed E-state index contributed by atoms with van der Waals surface area (Å²) in [6, 6.07) is 13.4. The number of hydrogen-bond donors (Lipinski definition) is 1. The van der Waals surface area contributed by atoms with Gasteiger partial charge in [-0.05, 0) is 37.6 Å². The van der Waals surface area contributed by atoms with Crippen molar-refractivity contribution in [2.75, 3.05) is 20.7 Å². The molecular weight excluding hydrogens is 420 g/mol. The smallest absolute Gasteiger partial charge is 0.307 e. The molecule has 8 nitrogen and oxygen atoms in total. The molecule has 0 saturated heterocycles. The molecule has 0 heterocycles. The molecule has 1 N–H and O–H groups in total. The number of benzene rings is 2. The number of carbonyl (C=O) groups is 2. The van der Waals surface area contributed by atoms with Gasteiger partial charge in [-0.1, -0.05) is 30.3 Å². The Labute approximate surface area is 183 Å². The maximum atomic E-state index is 13.2. The fourth-order valence-electron chi connectivity index (χ4n) is 2.81. The Kier molecular flexibility index (Phi) is 8.58. The molecule has 0 bridgehead atoms. The van der Waals surface area contributed by atoms with Crippen LogP contribution in [0.3, 0.4) is 0 Å². The quantitative estimate of drug-likeness (QED) is 0.561. The zero-order valence-corrected chi connectivity index (χ0v) is 18.9. The Morgan fingerprint density at radius 3 is 2.39 bits per heavy atom. The first kappa shape index (κ1) is 24.4. The first-order chi connectivity index (χ1) is 14.6. The number of esters is 1. The number of methoxy groups -OCH3 is 1. The number of carbonyl (C=O) groups excluding carboxylic acids is 2. The lowest BCUT2D eigenvalue weighted by Crippen LogP contribution is -2.29. The summed E-state index contributed by atoms with van der Waals surface area (Å²) < 4.78 is 37.7. The Balaban J connectivity index is 2.17. The van der Waals surface area contributed by atoms with Gasteiger partial charge in [0.1, 0.15) is 10.6 Å². The van der Waals surface area contributed by atoms with E-state index in [1.54, 1.807) is 13.8 Å². The average Bonchev–Trinajstić information content (AvgIpc) is 2.73. The molecule has 31 heavy (non-hydrogen) atoms. The Bertz CT molecular complexity index is 1010. The maximum absolute atomic E-state index is 13.2. The molecule has 168 valence electrons. The fraction of sp³-hybridized carbons (Fsp3) is 0.364. The van der Waals surface area contributed by atoms with Gasteiger partial charge in [-0.3, -0.25) is 9.59 Å². The maximum Gasteiger partial charge on any atom is 0.307 e. The molecule has 0 aromatic heterocycles. The normalized spacial score (nSPS) is 11.4. The van der Waals surface area contributed by atoms with E-state index in [-0.39, 0.29) is 41.8 Å². The van der Waals surface area contributed by atoms with Crippen LogP contribution in [0.4, 0.5) is 0 Å². The second-order valence-electron chi connectivity index (χ2n) is 7.16. The number of amides is 1. The molecule has 0 saturated carbocycles. The van der Waals surface area contributed by atoms with Crippen molar-refractivity contribution in [3.63, 3.8) is 0 Å². The molecule has 0 aliphatic heterocycles. The standard InChI is InChI=1S/C22H28N2O6S/c1-16(2)30-21(25)12-13-23-22(26)18-10-11-19(29-4)20(14-18)31(27,28)24(3)15-17-8-6-5-7-9-17/h5-11,14,16H,12-13,15H2,1-4H3,(H,23,26). The topological polar surface area (TPSA) is 102 Å². The van der Waals surface area contributed by atoms with Crippen LogP contribution < -0.4 is 10.1 Å². The van der Waals surface area contributed by atoms with Crippen LogP contribution in [0.15, 0.2) is 53.4 Å². The Hall–Kier alpha value is -2.91. The predicted octanol–water partition coefficient (Wildman–Crippen LogP) is 2.59. The molecule has 0 unspecified atom stereocenters. The van der Waals surface area contributed by atoms with Gasteiger partial charge in [0.25, 0.3) is 5.91 Å². The van der Waals surface area contributed by atoms with E-state index in [1.165, 1.54) is 36.7 Å². The van der Waals surface area contributed by atoms with Crippen molar-refractivity contribution >= 4 is 21.9 Å². The highest BCUT2D eigenvalue weighted by Gasteiger charge is 2.26. The highest BCUT2D eigenvalue weighted by Crippen LogP contribution is 2.28. The lowest BCUT2D eigenvalue weighted by molar-refractivity contribution is -0.147. The van der Waals surface area contributed by atoms with E-state index in [0.717, 1.165) is 5.56 Å². The largest absolute Gasteiger partial charge is 0.495 e. The fourth-order valence-corrected chi connectivity index (χ4v) is 4.15. The van der Waals surface area contributed by atoms with Gasteiger partial charge in [0.15, 0.2) is 0 Å². The van der Waals surface area contributed by atoms with Crippen LogP contribution in [0.5, 0.6) is 5.75 Å². The first-order valence-corrected chi connectivity index (χ1v) is 11.2. The van der Waals surface area contributed by atoms with Crippen molar-refractivity contribution < 1.29 is 27.5 Å². The molecule has 0 fully saturated rings. The number of hydrogen-bond acceptors (Lipinski definition) is 6. The van der Waals surface area contributed by atoms with E-state index >= 15 is 0 Å². The van der Waals surface area contributed by atoms with E-state index in [2.05, 4.69) is 5.32 Å². The summed E-state index contributed by atoms with van der Waals surface area (Å²) in [5.41, 5.74) is 0.972. The summed E-state index contributed by atoms with van der Waals surface area (Å²) in [5.74, 6) is -0.782. The minimum Gasteiger partial charge on any atom is -0.495 e. The number of nitrogens with zero attached hydrogens (tertiary/aromatic N) is 1. The van der Waals surface area contributed by atoms with E-state index in [1.807, 2.05) is 30.3 Å². The van der Waals surface area contributed by atoms with Crippen LogP contribution in [0.25, 0.3) is 0 Å². The molecule has 2 aromatic rings. The predicted molar refractivity (Wildman–Crippen MR) is 116 cm³/mol. The SMILES string of the molecule is COc1ccc(C(=O)NCCC(=O)OC(C)C)cc1S(=O)(=O)N(C)Cc1ccccc1. The second-order valence-corrected chi connectivity index (χ2v) is 9.17. The molecule has 0 spiro atoms. The zero-order chi connectivity index (χ0) is 23.0. The van der Waals surface area contributed by atoms with Crippen LogP contribution >= 0.6 is 0 Å². The highest BCUT2D eigenvalue weighted by molar-refractivity contribution is 7.89. The van der Waals surface area contributed by atoms with Crippen molar-refractivity contribution in [2.24, 2.45) is 0 Å². The molecule has 0 radical (unpaired) electrons. The van der Waals surface area contributed by atoms with Crippen molar-refractivity contribution in [1.29, 1.82) is 0 Å². The average molecular weight is 449 g/mol. The minimum atomic E-state index is -3.93. The lowest BCUT2D eigenvalue weighted by Gasteiger charge is -2.19. The summed E-state index contributed by atoms with van der Waals surface area (Å²) in [6.45, 7) is 3.72. The minimum absolute atomic E-state index is 0.0189. The molecular formula is C22H28N2O6S. The summed E-state index contributed by atoms with van der Waals surface area (Å²) in [6.07, 6.45) is -0.212. The van der Waals surface area contributed by atoms with Gasteiger partial charge in [0.05, 0.1) is 19.6 Å². The Morgan fingerprint density at radius 1 is 1.10 bits per heavy atom. The highest BCUT2D eigenvalue weighted by atomic mass is 32.2. The molecule has 1 amide bonds. The summed E-state index contributed by atoms with van der Waals surface area (Å²) in [5, 5.41) is 2.60. The summed E-state index contributed by atoms with van der Waals surface area (Å²) in [4.78, 5) is 24.0. The third-order valence-corrected chi connectivity index (χ3v) is 6.17. The van der Waals surface area contributed by atoms with Gasteiger partial charge in [0, 0.05) is 25.7 Å². The van der Waals surface area contributed by atoms with E-state index in [9.17, 15) is 18.0 Å². The Morgan fingerprint density at radius 2 is 1.77 bits per heavy atom. The van der Waals surface area contributed by atoms with Crippen LogP contribution in [-0.4, -0.2) is 51.4 Å². The molecule has 0 aliphatic carbocycles. The lowest BCUT2D eigenvalue weighted by atomic mass is 10.2. The second kappa shape index (κ2) is 10.9. The van der Waals surface area contributed by atoms with Gasteiger partial charge in [-0.2, -0.15) is 4.31 Å². The number of ether oxygens (including phenoxy) is 2.